The van der Waals surface area contributed by atoms with E-state index in [2.05, 4.69) is 4.98 Å². The zero-order chi connectivity index (χ0) is 11.7. The van der Waals surface area contributed by atoms with Crippen LogP contribution in [0.5, 0.6) is 0 Å². The second-order valence-corrected chi connectivity index (χ2v) is 3.90. The van der Waals surface area contributed by atoms with Crippen LogP contribution < -0.4 is 10.5 Å². The van der Waals surface area contributed by atoms with Crippen molar-refractivity contribution in [2.24, 2.45) is 0 Å². The fourth-order valence-electron chi connectivity index (χ4n) is 1.90. The van der Waals surface area contributed by atoms with Gasteiger partial charge in [-0.15, -0.1) is 0 Å². The zero-order valence-corrected chi connectivity index (χ0v) is 9.26. The summed E-state index contributed by atoms with van der Waals surface area (Å²) in [5.41, 5.74) is 0.335. The lowest BCUT2D eigenvalue weighted by Gasteiger charge is -2.25. The van der Waals surface area contributed by atoms with Crippen molar-refractivity contribution in [3.8, 4) is 0 Å². The predicted molar refractivity (Wildman–Crippen MR) is 63.3 cm³/mol. The Morgan fingerprint density at radius 3 is 2.76 bits per heavy atom. The summed E-state index contributed by atoms with van der Waals surface area (Å²) in [4.78, 5) is 18.1. The van der Waals surface area contributed by atoms with Gasteiger partial charge in [-0.05, 0) is 12.1 Å². The average molecular weight is 232 g/mol. The largest absolute Gasteiger partial charge is 0.389 e. The maximum absolute atomic E-state index is 11.8. The molecule has 88 valence electrons. The Labute approximate surface area is 97.6 Å². The molecule has 0 atom stereocenters. The van der Waals surface area contributed by atoms with Crippen LogP contribution in [0.25, 0.3) is 10.9 Å². The van der Waals surface area contributed by atoms with Crippen molar-refractivity contribution in [3.05, 3.63) is 34.7 Å². The monoisotopic (exact) mass is 232 g/mol. The molecule has 1 aliphatic rings. The number of benzene rings is 1. The number of ether oxygens (including phenoxy) is 1. The molecule has 0 bridgehead atoms. The second kappa shape index (κ2) is 4.18. The Bertz CT molecular complexity index is 588. The summed E-state index contributed by atoms with van der Waals surface area (Å²) in [6.45, 7) is 2.68. The van der Waals surface area contributed by atoms with E-state index in [1.54, 1.807) is 12.1 Å². The van der Waals surface area contributed by atoms with Gasteiger partial charge in [0, 0.05) is 13.1 Å². The van der Waals surface area contributed by atoms with Crippen LogP contribution in [0.1, 0.15) is 0 Å². The zero-order valence-electron chi connectivity index (χ0n) is 9.26. The summed E-state index contributed by atoms with van der Waals surface area (Å²) in [6.07, 6.45) is 0. The summed E-state index contributed by atoms with van der Waals surface area (Å²) in [5.74, 6) is 0. The predicted octanol–water partition coefficient (Wildman–Crippen LogP) is 1.02. The van der Waals surface area contributed by atoms with Gasteiger partial charge in [-0.2, -0.15) is 4.98 Å². The van der Waals surface area contributed by atoms with Gasteiger partial charge < -0.3 is 14.1 Å². The fourth-order valence-corrected chi connectivity index (χ4v) is 1.90. The smallest absolute Gasteiger partial charge is 0.348 e. The number of fused-ring (bicyclic) bond motifs is 1. The van der Waals surface area contributed by atoms with Gasteiger partial charge in [-0.3, -0.25) is 0 Å². The SMILES string of the molecule is O=c1oc(N2CCOCC2)nc2ccccc12. The first-order valence-electron chi connectivity index (χ1n) is 5.57. The van der Waals surface area contributed by atoms with Gasteiger partial charge in [0.25, 0.3) is 0 Å². The highest BCUT2D eigenvalue weighted by Crippen LogP contribution is 2.15. The molecule has 2 heterocycles. The molecule has 1 saturated heterocycles. The van der Waals surface area contributed by atoms with Gasteiger partial charge >= 0.3 is 11.6 Å². The van der Waals surface area contributed by atoms with Crippen molar-refractivity contribution in [2.45, 2.75) is 0 Å². The molecule has 0 N–H and O–H groups in total. The minimum Gasteiger partial charge on any atom is -0.389 e. The van der Waals surface area contributed by atoms with E-state index in [0.717, 1.165) is 0 Å². The topological polar surface area (TPSA) is 55.6 Å². The first kappa shape index (κ1) is 10.3. The maximum Gasteiger partial charge on any atom is 0.348 e. The molecule has 0 unspecified atom stereocenters. The van der Waals surface area contributed by atoms with Crippen LogP contribution in [0.3, 0.4) is 0 Å². The van der Waals surface area contributed by atoms with E-state index in [4.69, 9.17) is 9.15 Å². The standard InChI is InChI=1S/C12H12N2O3/c15-11-9-3-1-2-4-10(9)13-12(17-11)14-5-7-16-8-6-14/h1-4H,5-8H2. The molecule has 17 heavy (non-hydrogen) atoms. The molecule has 3 rings (SSSR count). The number of morpholine rings is 1. The van der Waals surface area contributed by atoms with Crippen LogP contribution in [-0.2, 0) is 4.74 Å². The Morgan fingerprint density at radius 2 is 1.94 bits per heavy atom. The minimum atomic E-state index is -0.336. The third-order valence-electron chi connectivity index (χ3n) is 2.81. The molecule has 0 saturated carbocycles. The lowest BCUT2D eigenvalue weighted by atomic mass is 10.2. The maximum atomic E-state index is 11.8. The number of para-hydroxylation sites is 1. The first-order valence-corrected chi connectivity index (χ1v) is 5.57. The van der Waals surface area contributed by atoms with Gasteiger partial charge in [0.05, 0.1) is 24.1 Å². The summed E-state index contributed by atoms with van der Waals surface area (Å²) in [7, 11) is 0. The van der Waals surface area contributed by atoms with E-state index in [0.29, 0.717) is 43.2 Å². The second-order valence-electron chi connectivity index (χ2n) is 3.90. The minimum absolute atomic E-state index is 0.336. The number of hydrogen-bond acceptors (Lipinski definition) is 5. The third-order valence-corrected chi connectivity index (χ3v) is 2.81. The van der Waals surface area contributed by atoms with E-state index < -0.39 is 0 Å². The summed E-state index contributed by atoms with van der Waals surface area (Å²) in [5, 5.41) is 0.518. The normalized spacial score (nSPS) is 16.4. The lowest BCUT2D eigenvalue weighted by molar-refractivity contribution is 0.120. The average Bonchev–Trinajstić information content (AvgIpc) is 2.40. The Balaban J connectivity index is 2.08. The van der Waals surface area contributed by atoms with Gasteiger partial charge in [-0.1, -0.05) is 12.1 Å². The number of hydrogen-bond donors (Lipinski definition) is 0. The molecule has 1 aromatic carbocycles. The summed E-state index contributed by atoms with van der Waals surface area (Å²) >= 11 is 0. The summed E-state index contributed by atoms with van der Waals surface area (Å²) < 4.78 is 10.5. The van der Waals surface area contributed by atoms with Crippen LogP contribution in [0, 0.1) is 0 Å². The number of aromatic nitrogens is 1. The molecular formula is C12H12N2O3. The molecular weight excluding hydrogens is 220 g/mol. The van der Waals surface area contributed by atoms with Crippen LogP contribution >= 0.6 is 0 Å². The van der Waals surface area contributed by atoms with Crippen molar-refractivity contribution in [1.29, 1.82) is 0 Å². The molecule has 0 radical (unpaired) electrons. The summed E-state index contributed by atoms with van der Waals surface area (Å²) in [6, 6.07) is 7.58. The quantitative estimate of drug-likeness (QED) is 0.734. The van der Waals surface area contributed by atoms with E-state index in [1.165, 1.54) is 0 Å². The molecule has 0 amide bonds. The highest BCUT2D eigenvalue weighted by Gasteiger charge is 2.16. The van der Waals surface area contributed by atoms with Crippen LogP contribution in [0.15, 0.2) is 33.5 Å². The highest BCUT2D eigenvalue weighted by atomic mass is 16.5. The molecule has 1 fully saturated rings. The lowest BCUT2D eigenvalue weighted by Crippen LogP contribution is -2.37. The number of rotatable bonds is 1. The van der Waals surface area contributed by atoms with Gasteiger partial charge in [0.1, 0.15) is 0 Å². The Morgan fingerprint density at radius 1 is 1.18 bits per heavy atom. The molecule has 0 aliphatic carbocycles. The van der Waals surface area contributed by atoms with Crippen molar-refractivity contribution < 1.29 is 9.15 Å². The van der Waals surface area contributed by atoms with E-state index >= 15 is 0 Å². The Hall–Kier alpha value is -1.88. The third kappa shape index (κ3) is 1.89. The molecule has 1 aliphatic heterocycles. The van der Waals surface area contributed by atoms with Crippen molar-refractivity contribution in [3.63, 3.8) is 0 Å². The molecule has 0 spiro atoms. The fraction of sp³-hybridized carbons (Fsp3) is 0.333. The van der Waals surface area contributed by atoms with Crippen LogP contribution in [0.2, 0.25) is 0 Å². The van der Waals surface area contributed by atoms with Crippen LogP contribution in [0.4, 0.5) is 6.01 Å². The van der Waals surface area contributed by atoms with E-state index in [1.807, 2.05) is 17.0 Å². The molecule has 1 aromatic heterocycles. The van der Waals surface area contributed by atoms with E-state index in [9.17, 15) is 4.79 Å². The van der Waals surface area contributed by atoms with Gasteiger partial charge in [0.2, 0.25) is 0 Å². The number of nitrogens with zero attached hydrogens (tertiary/aromatic N) is 2. The van der Waals surface area contributed by atoms with Crippen molar-refractivity contribution >= 4 is 16.9 Å². The van der Waals surface area contributed by atoms with Gasteiger partial charge in [0.15, 0.2) is 0 Å². The molecule has 5 nitrogen and oxygen atoms in total. The van der Waals surface area contributed by atoms with Crippen LogP contribution in [-0.4, -0.2) is 31.3 Å². The van der Waals surface area contributed by atoms with Crippen molar-refractivity contribution in [1.82, 2.24) is 4.98 Å². The highest BCUT2D eigenvalue weighted by molar-refractivity contribution is 5.77. The Kier molecular flexibility index (Phi) is 2.53. The number of anilines is 1. The molecule has 5 heteroatoms. The first-order chi connectivity index (χ1) is 8.34. The van der Waals surface area contributed by atoms with Gasteiger partial charge in [-0.25, -0.2) is 4.79 Å². The van der Waals surface area contributed by atoms with Crippen molar-refractivity contribution in [2.75, 3.05) is 31.2 Å². The molecule has 2 aromatic rings. The van der Waals surface area contributed by atoms with E-state index in [-0.39, 0.29) is 5.63 Å².